The Morgan fingerprint density at radius 1 is 1.16 bits per heavy atom. The fraction of sp³-hybridized carbons (Fsp3) is 0.412. The van der Waals surface area contributed by atoms with E-state index >= 15 is 0 Å². The number of fused-ring (bicyclic) bond motifs is 3. The van der Waals surface area contributed by atoms with E-state index in [0.717, 1.165) is 65.4 Å². The van der Waals surface area contributed by atoms with Gasteiger partial charge in [-0.2, -0.15) is 0 Å². The zero-order valence-corrected chi connectivity index (χ0v) is 25.7. The summed E-state index contributed by atoms with van der Waals surface area (Å²) in [5.41, 5.74) is 8.56. The summed E-state index contributed by atoms with van der Waals surface area (Å²) in [6.45, 7) is 6.78. The van der Waals surface area contributed by atoms with Gasteiger partial charge < -0.3 is 9.72 Å². The van der Waals surface area contributed by atoms with Crippen molar-refractivity contribution in [2.45, 2.75) is 58.5 Å². The van der Waals surface area contributed by atoms with Crippen LogP contribution in [0.15, 0.2) is 52.6 Å². The number of nitrogens with zero attached hydrogens (tertiary/aromatic N) is 4. The molecule has 9 heteroatoms. The highest BCUT2D eigenvalue weighted by molar-refractivity contribution is 7.17. The summed E-state index contributed by atoms with van der Waals surface area (Å²) in [6.07, 6.45) is 3.87. The van der Waals surface area contributed by atoms with Crippen LogP contribution in [0.2, 0.25) is 0 Å². The lowest BCUT2D eigenvalue weighted by Gasteiger charge is -2.26. The van der Waals surface area contributed by atoms with E-state index in [1.165, 1.54) is 34.1 Å². The molecule has 0 bridgehead atoms. The highest BCUT2D eigenvalue weighted by atomic mass is 32.1. The molecule has 1 fully saturated rings. The standard InChI is InChI=1S/C34H37N5O3S/c1-4-42-32(41)16-28(27-8-9-30-33(20(27)2)36-37-38(30)3)24-14-23-11-12-43-34(23)26(15-24)18-39-17-25(21-5-6-21)13-22-7-10-31(40)35-29(22)19-39/h7-12,14-15,21,25,28H,4-6,13,16-19H2,1-3H3,(H,35,40)/t25?,28-/m1/s1. The minimum atomic E-state index is -0.210. The van der Waals surface area contributed by atoms with Crippen LogP contribution >= 0.6 is 11.3 Å². The molecule has 43 heavy (non-hydrogen) atoms. The zero-order chi connectivity index (χ0) is 29.7. The van der Waals surface area contributed by atoms with Gasteiger partial charge in [0, 0.05) is 49.1 Å². The number of hydrogen-bond donors (Lipinski definition) is 1. The van der Waals surface area contributed by atoms with Gasteiger partial charge in [0.1, 0.15) is 5.52 Å². The summed E-state index contributed by atoms with van der Waals surface area (Å²) in [5, 5.41) is 12.0. The number of pyridine rings is 1. The number of carbonyl (C=O) groups is 1. The fourth-order valence-electron chi connectivity index (χ4n) is 7.01. The highest BCUT2D eigenvalue weighted by Gasteiger charge is 2.35. The number of hydrogen-bond acceptors (Lipinski definition) is 7. The predicted octanol–water partition coefficient (Wildman–Crippen LogP) is 5.85. The van der Waals surface area contributed by atoms with E-state index in [4.69, 9.17) is 4.74 Å². The molecule has 0 spiro atoms. The van der Waals surface area contributed by atoms with Crippen LogP contribution in [0.25, 0.3) is 21.1 Å². The Kier molecular flexibility index (Phi) is 7.39. The molecule has 0 radical (unpaired) electrons. The molecule has 2 aliphatic rings. The zero-order valence-electron chi connectivity index (χ0n) is 24.9. The van der Waals surface area contributed by atoms with Gasteiger partial charge in [0.2, 0.25) is 5.56 Å². The molecule has 1 N–H and O–H groups in total. The number of thiophene rings is 1. The lowest BCUT2D eigenvalue weighted by atomic mass is 9.84. The first kappa shape index (κ1) is 28.0. The van der Waals surface area contributed by atoms with Crippen molar-refractivity contribution in [3.05, 3.63) is 91.7 Å². The summed E-state index contributed by atoms with van der Waals surface area (Å²) in [6, 6.07) is 14.6. The Morgan fingerprint density at radius 2 is 2.02 bits per heavy atom. The van der Waals surface area contributed by atoms with Gasteiger partial charge in [-0.25, -0.2) is 4.68 Å². The van der Waals surface area contributed by atoms with Gasteiger partial charge in [0.05, 0.1) is 18.5 Å². The van der Waals surface area contributed by atoms with Gasteiger partial charge in [0.25, 0.3) is 0 Å². The Bertz CT molecular complexity index is 1880. The summed E-state index contributed by atoms with van der Waals surface area (Å²) in [4.78, 5) is 30.9. The Morgan fingerprint density at radius 3 is 2.84 bits per heavy atom. The molecule has 7 rings (SSSR count). The number of benzene rings is 2. The van der Waals surface area contributed by atoms with Crippen molar-refractivity contribution in [2.75, 3.05) is 13.2 Å². The number of aromatic nitrogens is 4. The van der Waals surface area contributed by atoms with Gasteiger partial charge in [-0.3, -0.25) is 14.5 Å². The number of aromatic amines is 1. The second-order valence-corrected chi connectivity index (χ2v) is 13.2. The Labute approximate surface area is 254 Å². The normalized spacial score (nSPS) is 18.1. The van der Waals surface area contributed by atoms with Gasteiger partial charge in [-0.15, -0.1) is 16.4 Å². The number of H-pyrrole nitrogens is 1. The first-order chi connectivity index (χ1) is 20.9. The first-order valence-corrected chi connectivity index (χ1v) is 16.1. The molecule has 0 amide bonds. The van der Waals surface area contributed by atoms with E-state index in [9.17, 15) is 9.59 Å². The summed E-state index contributed by atoms with van der Waals surface area (Å²) < 4.78 is 8.51. The molecule has 222 valence electrons. The first-order valence-electron chi connectivity index (χ1n) is 15.3. The van der Waals surface area contributed by atoms with Crippen molar-refractivity contribution in [2.24, 2.45) is 18.9 Å². The molecule has 1 saturated carbocycles. The molecular weight excluding hydrogens is 558 g/mol. The third kappa shape index (κ3) is 5.52. The Hall–Kier alpha value is -3.82. The van der Waals surface area contributed by atoms with Crippen molar-refractivity contribution < 1.29 is 9.53 Å². The van der Waals surface area contributed by atoms with Gasteiger partial charge >= 0.3 is 5.97 Å². The molecule has 3 aromatic heterocycles. The van der Waals surface area contributed by atoms with Crippen LogP contribution in [-0.4, -0.2) is 44.0 Å². The van der Waals surface area contributed by atoms with Crippen molar-refractivity contribution in [3.8, 4) is 0 Å². The third-order valence-electron chi connectivity index (χ3n) is 9.32. The smallest absolute Gasteiger partial charge is 0.306 e. The quantitative estimate of drug-likeness (QED) is 0.226. The van der Waals surface area contributed by atoms with E-state index in [2.05, 4.69) is 56.8 Å². The fourth-order valence-corrected chi connectivity index (χ4v) is 7.90. The van der Waals surface area contributed by atoms with Crippen LogP contribution in [0, 0.1) is 18.8 Å². The number of carbonyl (C=O) groups excluding carboxylic acids is 1. The van der Waals surface area contributed by atoms with E-state index in [1.807, 2.05) is 26.1 Å². The average Bonchev–Trinajstić information content (AvgIpc) is 3.64. The lowest BCUT2D eigenvalue weighted by molar-refractivity contribution is -0.143. The molecular formula is C34H37N5O3S. The maximum absolute atomic E-state index is 13.0. The molecule has 1 aliphatic heterocycles. The minimum Gasteiger partial charge on any atom is -0.466 e. The number of ether oxygens (including phenoxy) is 1. The molecule has 2 aromatic carbocycles. The summed E-state index contributed by atoms with van der Waals surface area (Å²) in [7, 11) is 1.89. The van der Waals surface area contributed by atoms with Crippen LogP contribution in [0.1, 0.15) is 65.6 Å². The third-order valence-corrected chi connectivity index (χ3v) is 10.3. The van der Waals surface area contributed by atoms with Crippen LogP contribution < -0.4 is 5.56 Å². The number of esters is 1. The van der Waals surface area contributed by atoms with Gasteiger partial charge in [0.15, 0.2) is 0 Å². The molecule has 2 atom stereocenters. The molecule has 4 heterocycles. The molecule has 5 aromatic rings. The summed E-state index contributed by atoms with van der Waals surface area (Å²) in [5.74, 6) is 0.959. The van der Waals surface area contributed by atoms with E-state index in [0.29, 0.717) is 12.5 Å². The van der Waals surface area contributed by atoms with Crippen LogP contribution in [-0.2, 0) is 36.1 Å². The maximum Gasteiger partial charge on any atom is 0.306 e. The van der Waals surface area contributed by atoms with Crippen molar-refractivity contribution >= 4 is 38.4 Å². The van der Waals surface area contributed by atoms with E-state index in [1.54, 1.807) is 22.1 Å². The van der Waals surface area contributed by atoms with Gasteiger partial charge in [-0.05, 0) is 102 Å². The molecule has 8 nitrogen and oxygen atoms in total. The average molecular weight is 596 g/mol. The minimum absolute atomic E-state index is 0.0385. The number of aryl methyl sites for hydroxylation is 2. The number of rotatable bonds is 8. The highest BCUT2D eigenvalue weighted by Crippen LogP contribution is 2.42. The molecule has 1 aliphatic carbocycles. The summed E-state index contributed by atoms with van der Waals surface area (Å²) >= 11 is 1.76. The maximum atomic E-state index is 13.0. The SMILES string of the molecule is CCOC(=O)C[C@H](c1cc(CN2Cc3[nH]c(=O)ccc3CC(C3CC3)C2)c2sccc2c1)c1ccc2c(nnn2C)c1C. The van der Waals surface area contributed by atoms with Crippen LogP contribution in [0.5, 0.6) is 0 Å². The van der Waals surface area contributed by atoms with Crippen molar-refractivity contribution in [1.82, 2.24) is 24.9 Å². The largest absolute Gasteiger partial charge is 0.466 e. The van der Waals surface area contributed by atoms with Crippen LogP contribution in [0.3, 0.4) is 0 Å². The second-order valence-electron chi connectivity index (χ2n) is 12.2. The predicted molar refractivity (Wildman–Crippen MR) is 169 cm³/mol. The lowest BCUT2D eigenvalue weighted by Crippen LogP contribution is -2.29. The topological polar surface area (TPSA) is 93.1 Å². The second kappa shape index (κ2) is 11.4. The van der Waals surface area contributed by atoms with E-state index < -0.39 is 0 Å². The van der Waals surface area contributed by atoms with Crippen LogP contribution in [0.4, 0.5) is 0 Å². The van der Waals surface area contributed by atoms with Crippen molar-refractivity contribution in [1.29, 1.82) is 0 Å². The monoisotopic (exact) mass is 595 g/mol. The Balaban J connectivity index is 1.29. The van der Waals surface area contributed by atoms with Gasteiger partial charge in [-0.1, -0.05) is 23.4 Å². The molecule has 1 unspecified atom stereocenters. The van der Waals surface area contributed by atoms with Crippen molar-refractivity contribution in [3.63, 3.8) is 0 Å². The molecule has 0 saturated heterocycles. The van der Waals surface area contributed by atoms with E-state index in [-0.39, 0.29) is 23.9 Å². The number of nitrogens with one attached hydrogen (secondary N) is 1.